The van der Waals surface area contributed by atoms with Crippen LogP contribution >= 0.6 is 28.3 Å². The van der Waals surface area contributed by atoms with Gasteiger partial charge in [0, 0.05) is 16.1 Å². The molecule has 1 aromatic rings. The number of unbranched alkanes of at least 4 members (excludes halogenated alkanes) is 1. The Balaban J connectivity index is 0.00000196. The lowest BCUT2D eigenvalue weighted by Gasteiger charge is -2.13. The molecule has 0 bridgehead atoms. The van der Waals surface area contributed by atoms with Crippen LogP contribution in [0.25, 0.3) is 0 Å². The molecule has 0 amide bonds. The smallest absolute Gasteiger partial charge is 0.121 e. The first-order valence-electron chi connectivity index (χ1n) is 4.89. The molecule has 1 aromatic carbocycles. The molecule has 0 radical (unpaired) electrons. The van der Waals surface area contributed by atoms with Gasteiger partial charge in [0.25, 0.3) is 0 Å². The lowest BCUT2D eigenvalue weighted by Crippen LogP contribution is -2.10. The van der Waals surface area contributed by atoms with E-state index in [1.807, 2.05) is 12.1 Å². The first-order valence-corrected chi connectivity index (χ1v) is 5.68. The standard InChI is InChI=1S/C11H16BrNO.ClH/c1-2-3-4-10(13)9-6-5-8(12)7-11(9)14;/h5-7,10,14H,2-4,13H2,1H3;1H/t10-;/m0./s1. The van der Waals surface area contributed by atoms with Gasteiger partial charge < -0.3 is 10.8 Å². The van der Waals surface area contributed by atoms with E-state index in [2.05, 4.69) is 22.9 Å². The summed E-state index contributed by atoms with van der Waals surface area (Å²) in [6.45, 7) is 2.13. The SMILES string of the molecule is CCCC[C@H](N)c1ccc(Br)cc1O.Cl. The van der Waals surface area contributed by atoms with Crippen molar-refractivity contribution >= 4 is 28.3 Å². The number of phenolic OH excluding ortho intramolecular Hbond substituents is 1. The lowest BCUT2D eigenvalue weighted by molar-refractivity contribution is 0.456. The van der Waals surface area contributed by atoms with E-state index in [0.717, 1.165) is 29.3 Å². The lowest BCUT2D eigenvalue weighted by atomic mass is 10.0. The molecule has 0 saturated heterocycles. The highest BCUT2D eigenvalue weighted by Gasteiger charge is 2.10. The Labute approximate surface area is 105 Å². The highest BCUT2D eigenvalue weighted by molar-refractivity contribution is 9.10. The summed E-state index contributed by atoms with van der Waals surface area (Å²) in [5.41, 5.74) is 6.79. The Morgan fingerprint density at radius 1 is 1.47 bits per heavy atom. The highest BCUT2D eigenvalue weighted by atomic mass is 79.9. The molecule has 15 heavy (non-hydrogen) atoms. The van der Waals surface area contributed by atoms with Crippen molar-refractivity contribution in [1.29, 1.82) is 0 Å². The quantitative estimate of drug-likeness (QED) is 0.888. The molecule has 0 unspecified atom stereocenters. The van der Waals surface area contributed by atoms with Gasteiger partial charge in [-0.05, 0) is 18.6 Å². The minimum absolute atomic E-state index is 0. The first-order chi connectivity index (χ1) is 6.65. The molecule has 1 atom stereocenters. The average molecular weight is 295 g/mol. The van der Waals surface area contributed by atoms with Gasteiger partial charge in [-0.3, -0.25) is 0 Å². The minimum Gasteiger partial charge on any atom is -0.508 e. The predicted molar refractivity (Wildman–Crippen MR) is 69.5 cm³/mol. The molecule has 0 spiro atoms. The van der Waals surface area contributed by atoms with Gasteiger partial charge in [-0.2, -0.15) is 0 Å². The minimum atomic E-state index is -0.0527. The molecule has 0 aliphatic carbocycles. The Bertz CT molecular complexity index is 307. The number of rotatable bonds is 4. The maximum Gasteiger partial charge on any atom is 0.121 e. The van der Waals surface area contributed by atoms with Crippen LogP contribution in [0, 0.1) is 0 Å². The van der Waals surface area contributed by atoms with E-state index in [1.54, 1.807) is 6.07 Å². The number of aromatic hydroxyl groups is 1. The van der Waals surface area contributed by atoms with Crippen LogP contribution in [0.5, 0.6) is 5.75 Å². The monoisotopic (exact) mass is 293 g/mol. The first kappa shape index (κ1) is 14.8. The summed E-state index contributed by atoms with van der Waals surface area (Å²) in [5, 5.41) is 9.65. The van der Waals surface area contributed by atoms with Crippen LogP contribution in [0.1, 0.15) is 37.8 Å². The summed E-state index contributed by atoms with van der Waals surface area (Å²) in [7, 11) is 0. The fraction of sp³-hybridized carbons (Fsp3) is 0.455. The number of hydrogen-bond acceptors (Lipinski definition) is 2. The van der Waals surface area contributed by atoms with Gasteiger partial charge >= 0.3 is 0 Å². The Hall–Kier alpha value is -0.250. The normalized spacial score (nSPS) is 11.9. The van der Waals surface area contributed by atoms with Crippen molar-refractivity contribution in [2.75, 3.05) is 0 Å². The molecule has 0 aliphatic heterocycles. The molecular formula is C11H17BrClNO. The molecule has 4 heteroatoms. The average Bonchev–Trinajstić information content (AvgIpc) is 2.14. The highest BCUT2D eigenvalue weighted by Crippen LogP contribution is 2.28. The molecule has 0 heterocycles. The molecule has 0 saturated carbocycles. The van der Waals surface area contributed by atoms with E-state index in [0.29, 0.717) is 0 Å². The second-order valence-electron chi connectivity index (χ2n) is 3.45. The molecule has 86 valence electrons. The van der Waals surface area contributed by atoms with Crippen LogP contribution in [-0.2, 0) is 0 Å². The summed E-state index contributed by atoms with van der Waals surface area (Å²) in [6, 6.07) is 5.41. The van der Waals surface area contributed by atoms with Crippen molar-refractivity contribution in [2.45, 2.75) is 32.2 Å². The largest absolute Gasteiger partial charge is 0.508 e. The second-order valence-corrected chi connectivity index (χ2v) is 4.37. The van der Waals surface area contributed by atoms with E-state index in [-0.39, 0.29) is 24.2 Å². The van der Waals surface area contributed by atoms with Gasteiger partial charge in [-0.1, -0.05) is 41.8 Å². The fourth-order valence-electron chi connectivity index (χ4n) is 1.41. The van der Waals surface area contributed by atoms with Crippen LogP contribution in [0.3, 0.4) is 0 Å². The van der Waals surface area contributed by atoms with Crippen LogP contribution in [0.15, 0.2) is 22.7 Å². The predicted octanol–water partition coefficient (Wildman–Crippen LogP) is 3.77. The van der Waals surface area contributed by atoms with Gasteiger partial charge in [-0.25, -0.2) is 0 Å². The van der Waals surface area contributed by atoms with E-state index < -0.39 is 0 Å². The Kier molecular flexibility index (Phi) is 6.98. The Morgan fingerprint density at radius 2 is 2.13 bits per heavy atom. The van der Waals surface area contributed by atoms with Gasteiger partial charge in [0.2, 0.25) is 0 Å². The number of nitrogens with two attached hydrogens (primary N) is 1. The summed E-state index contributed by atoms with van der Waals surface area (Å²) < 4.78 is 0.876. The van der Waals surface area contributed by atoms with Crippen LogP contribution in [0.4, 0.5) is 0 Å². The van der Waals surface area contributed by atoms with Gasteiger partial charge in [0.1, 0.15) is 5.75 Å². The maximum absolute atomic E-state index is 9.65. The molecule has 1 rings (SSSR count). The zero-order valence-electron chi connectivity index (χ0n) is 8.74. The number of phenols is 1. The molecular weight excluding hydrogens is 277 g/mol. The summed E-state index contributed by atoms with van der Waals surface area (Å²) >= 11 is 3.30. The van der Waals surface area contributed by atoms with Gasteiger partial charge in [-0.15, -0.1) is 12.4 Å². The molecule has 0 aliphatic rings. The van der Waals surface area contributed by atoms with Crippen LogP contribution < -0.4 is 5.73 Å². The topological polar surface area (TPSA) is 46.2 Å². The zero-order chi connectivity index (χ0) is 10.6. The number of benzene rings is 1. The Morgan fingerprint density at radius 3 is 2.67 bits per heavy atom. The van der Waals surface area contributed by atoms with Gasteiger partial charge in [0.15, 0.2) is 0 Å². The van der Waals surface area contributed by atoms with Crippen molar-refractivity contribution in [1.82, 2.24) is 0 Å². The summed E-state index contributed by atoms with van der Waals surface area (Å²) in [5.74, 6) is 0.281. The summed E-state index contributed by atoms with van der Waals surface area (Å²) in [4.78, 5) is 0. The third-order valence-electron chi connectivity index (χ3n) is 2.26. The molecule has 2 nitrogen and oxygen atoms in total. The van der Waals surface area contributed by atoms with Crippen LogP contribution in [-0.4, -0.2) is 5.11 Å². The van der Waals surface area contributed by atoms with Crippen molar-refractivity contribution in [3.05, 3.63) is 28.2 Å². The van der Waals surface area contributed by atoms with E-state index in [4.69, 9.17) is 5.73 Å². The number of halogens is 2. The molecule has 3 N–H and O–H groups in total. The molecule has 0 fully saturated rings. The van der Waals surface area contributed by atoms with E-state index in [1.165, 1.54) is 0 Å². The third-order valence-corrected chi connectivity index (χ3v) is 2.75. The third kappa shape index (κ3) is 4.41. The van der Waals surface area contributed by atoms with Crippen molar-refractivity contribution < 1.29 is 5.11 Å². The van der Waals surface area contributed by atoms with Crippen molar-refractivity contribution in [2.24, 2.45) is 5.73 Å². The van der Waals surface area contributed by atoms with Gasteiger partial charge in [0.05, 0.1) is 0 Å². The zero-order valence-corrected chi connectivity index (χ0v) is 11.1. The van der Waals surface area contributed by atoms with Crippen LogP contribution in [0.2, 0.25) is 0 Å². The van der Waals surface area contributed by atoms with E-state index in [9.17, 15) is 5.11 Å². The molecule has 0 aromatic heterocycles. The van der Waals surface area contributed by atoms with E-state index >= 15 is 0 Å². The fourth-order valence-corrected chi connectivity index (χ4v) is 1.76. The van der Waals surface area contributed by atoms with Crippen molar-refractivity contribution in [3.63, 3.8) is 0 Å². The van der Waals surface area contributed by atoms with Crippen molar-refractivity contribution in [3.8, 4) is 5.75 Å². The maximum atomic E-state index is 9.65. The second kappa shape index (κ2) is 7.09. The summed E-state index contributed by atoms with van der Waals surface area (Å²) in [6.07, 6.45) is 3.15. The number of hydrogen-bond donors (Lipinski definition) is 2.